The summed E-state index contributed by atoms with van der Waals surface area (Å²) in [5, 5.41) is 17.8. The minimum absolute atomic E-state index is 0.209. The second-order valence-corrected chi connectivity index (χ2v) is 4.05. The van der Waals surface area contributed by atoms with Crippen molar-refractivity contribution in [3.8, 4) is 0 Å². The zero-order chi connectivity index (χ0) is 13.4. The summed E-state index contributed by atoms with van der Waals surface area (Å²) >= 11 is 2.76. The average Bonchev–Trinajstić information content (AvgIpc) is 2.14. The van der Waals surface area contributed by atoms with Crippen molar-refractivity contribution in [1.29, 1.82) is 0 Å². The van der Waals surface area contributed by atoms with E-state index >= 15 is 0 Å². The van der Waals surface area contributed by atoms with Gasteiger partial charge in [0.05, 0.1) is 5.56 Å². The molecule has 0 spiro atoms. The summed E-state index contributed by atoms with van der Waals surface area (Å²) in [7, 11) is 0. The fourth-order valence-corrected chi connectivity index (χ4v) is 1.91. The number of aliphatic carboxylic acids is 1. The molecule has 0 bridgehead atoms. The first kappa shape index (κ1) is 13.8. The van der Waals surface area contributed by atoms with Crippen molar-refractivity contribution in [1.82, 2.24) is 0 Å². The van der Waals surface area contributed by atoms with E-state index in [9.17, 15) is 23.1 Å². The molecule has 1 rings (SSSR count). The molecule has 4 nitrogen and oxygen atoms in total. The van der Waals surface area contributed by atoms with Gasteiger partial charge in [0.2, 0.25) is 0 Å². The molecular weight excluding hydrogens is 307 g/mol. The third kappa shape index (κ3) is 2.89. The first-order valence-electron chi connectivity index (χ1n) is 4.21. The number of halogens is 4. The van der Waals surface area contributed by atoms with Crippen LogP contribution in [0.15, 0.2) is 16.6 Å². The van der Waals surface area contributed by atoms with Crippen LogP contribution in [0.1, 0.15) is 17.2 Å². The first-order valence-corrected chi connectivity index (χ1v) is 5.01. The Morgan fingerprint density at radius 2 is 1.94 bits per heavy atom. The van der Waals surface area contributed by atoms with Gasteiger partial charge >= 0.3 is 12.1 Å². The Morgan fingerprint density at radius 1 is 1.41 bits per heavy atom. The van der Waals surface area contributed by atoms with Crippen LogP contribution in [-0.2, 0) is 11.0 Å². The molecule has 17 heavy (non-hydrogen) atoms. The van der Waals surface area contributed by atoms with Crippen LogP contribution in [0.3, 0.4) is 0 Å². The van der Waals surface area contributed by atoms with Crippen molar-refractivity contribution in [2.24, 2.45) is 0 Å². The lowest BCUT2D eigenvalue weighted by atomic mass is 10.0. The molecular formula is C9H7BrF3NO3. The number of aliphatic hydroxyl groups is 1. The molecule has 94 valence electrons. The lowest BCUT2D eigenvalue weighted by Gasteiger charge is -2.15. The molecule has 1 aromatic rings. The number of aliphatic hydroxyl groups excluding tert-OH is 1. The quantitative estimate of drug-likeness (QED) is 0.731. The first-order chi connectivity index (χ1) is 7.64. The number of alkyl halides is 3. The number of benzene rings is 1. The molecule has 1 aromatic carbocycles. The highest BCUT2D eigenvalue weighted by atomic mass is 79.9. The standard InChI is InChI=1S/C9H7BrF3NO3/c10-4-1-3(9(11,12)13)2-5(14)6(4)7(15)8(16)17/h1-2,7,15H,14H2,(H,16,17). The molecule has 0 aliphatic carbocycles. The van der Waals surface area contributed by atoms with Gasteiger partial charge in [-0.1, -0.05) is 15.9 Å². The van der Waals surface area contributed by atoms with E-state index in [1.54, 1.807) is 0 Å². The van der Waals surface area contributed by atoms with Gasteiger partial charge in [-0.2, -0.15) is 13.2 Å². The minimum atomic E-state index is -4.59. The van der Waals surface area contributed by atoms with Gasteiger partial charge in [-0.05, 0) is 12.1 Å². The number of carbonyl (C=O) groups is 1. The molecule has 0 heterocycles. The van der Waals surface area contributed by atoms with Crippen molar-refractivity contribution >= 4 is 27.6 Å². The molecule has 1 atom stereocenters. The van der Waals surface area contributed by atoms with Crippen LogP contribution >= 0.6 is 15.9 Å². The molecule has 0 saturated carbocycles. The molecule has 0 amide bonds. The third-order valence-corrected chi connectivity index (χ3v) is 2.65. The summed E-state index contributed by atoms with van der Waals surface area (Å²) in [6.45, 7) is 0. The van der Waals surface area contributed by atoms with Crippen LogP contribution in [0, 0.1) is 0 Å². The maximum Gasteiger partial charge on any atom is 0.416 e. The van der Waals surface area contributed by atoms with Gasteiger partial charge < -0.3 is 15.9 Å². The summed E-state index contributed by atoms with van der Waals surface area (Å²) in [5.41, 5.74) is 3.54. The van der Waals surface area contributed by atoms with E-state index in [4.69, 9.17) is 10.8 Å². The minimum Gasteiger partial charge on any atom is -0.479 e. The van der Waals surface area contributed by atoms with Crippen molar-refractivity contribution in [2.75, 3.05) is 5.73 Å². The van der Waals surface area contributed by atoms with E-state index in [-0.39, 0.29) is 10.0 Å². The fourth-order valence-electron chi connectivity index (χ4n) is 1.21. The van der Waals surface area contributed by atoms with Crippen LogP contribution < -0.4 is 5.73 Å². The number of hydrogen-bond acceptors (Lipinski definition) is 3. The van der Waals surface area contributed by atoms with Crippen LogP contribution in [0.5, 0.6) is 0 Å². The second kappa shape index (κ2) is 4.53. The smallest absolute Gasteiger partial charge is 0.416 e. The highest BCUT2D eigenvalue weighted by Gasteiger charge is 2.33. The normalized spacial score (nSPS) is 13.5. The fraction of sp³-hybridized carbons (Fsp3) is 0.222. The zero-order valence-electron chi connectivity index (χ0n) is 8.12. The number of hydrogen-bond donors (Lipinski definition) is 3. The molecule has 8 heteroatoms. The molecule has 0 fully saturated rings. The Labute approximate surface area is 102 Å². The van der Waals surface area contributed by atoms with Crippen molar-refractivity contribution in [2.45, 2.75) is 12.3 Å². The van der Waals surface area contributed by atoms with Gasteiger partial charge in [0.1, 0.15) is 0 Å². The van der Waals surface area contributed by atoms with Gasteiger partial charge in [0.15, 0.2) is 6.10 Å². The maximum absolute atomic E-state index is 12.4. The summed E-state index contributed by atoms with van der Waals surface area (Å²) in [4.78, 5) is 10.5. The highest BCUT2D eigenvalue weighted by molar-refractivity contribution is 9.10. The Balaban J connectivity index is 3.34. The van der Waals surface area contributed by atoms with E-state index in [1.165, 1.54) is 0 Å². The number of anilines is 1. The monoisotopic (exact) mass is 313 g/mol. The zero-order valence-corrected chi connectivity index (χ0v) is 9.71. The molecule has 4 N–H and O–H groups in total. The summed E-state index contributed by atoms with van der Waals surface area (Å²) in [6.07, 6.45) is -6.57. The van der Waals surface area contributed by atoms with E-state index in [2.05, 4.69) is 15.9 Å². The Kier molecular flexibility index (Phi) is 3.68. The predicted molar refractivity (Wildman–Crippen MR) is 56.2 cm³/mol. The van der Waals surface area contributed by atoms with E-state index in [1.807, 2.05) is 0 Å². The molecule has 0 aliphatic heterocycles. The van der Waals surface area contributed by atoms with Gasteiger partial charge in [-0.25, -0.2) is 4.79 Å². The lowest BCUT2D eigenvalue weighted by Crippen LogP contribution is -2.15. The predicted octanol–water partition coefficient (Wildman–Crippen LogP) is 2.17. The van der Waals surface area contributed by atoms with E-state index < -0.39 is 29.5 Å². The van der Waals surface area contributed by atoms with Crippen molar-refractivity contribution in [3.05, 3.63) is 27.7 Å². The van der Waals surface area contributed by atoms with Crippen LogP contribution in [0.2, 0.25) is 0 Å². The summed E-state index contributed by atoms with van der Waals surface area (Å²) < 4.78 is 36.9. The topological polar surface area (TPSA) is 83.5 Å². The molecule has 1 unspecified atom stereocenters. The summed E-state index contributed by atoms with van der Waals surface area (Å²) in [6, 6.07) is 1.24. The van der Waals surface area contributed by atoms with Crippen LogP contribution in [-0.4, -0.2) is 16.2 Å². The van der Waals surface area contributed by atoms with Crippen molar-refractivity contribution in [3.63, 3.8) is 0 Å². The molecule has 0 aliphatic rings. The molecule has 0 radical (unpaired) electrons. The summed E-state index contributed by atoms with van der Waals surface area (Å²) in [5.74, 6) is -1.60. The molecule has 0 saturated heterocycles. The van der Waals surface area contributed by atoms with E-state index in [0.29, 0.717) is 12.1 Å². The number of nitrogen functional groups attached to an aromatic ring is 1. The second-order valence-electron chi connectivity index (χ2n) is 3.20. The van der Waals surface area contributed by atoms with E-state index in [0.717, 1.165) is 0 Å². The van der Waals surface area contributed by atoms with Gasteiger partial charge in [0.25, 0.3) is 0 Å². The Hall–Kier alpha value is -1.28. The van der Waals surface area contributed by atoms with Crippen LogP contribution in [0.4, 0.5) is 18.9 Å². The Morgan fingerprint density at radius 3 is 2.29 bits per heavy atom. The number of nitrogens with two attached hydrogens (primary N) is 1. The number of carboxylic acids is 1. The lowest BCUT2D eigenvalue weighted by molar-refractivity contribution is -0.146. The molecule has 0 aromatic heterocycles. The van der Waals surface area contributed by atoms with Crippen molar-refractivity contribution < 1.29 is 28.2 Å². The van der Waals surface area contributed by atoms with Gasteiger partial charge in [-0.15, -0.1) is 0 Å². The van der Waals surface area contributed by atoms with Gasteiger partial charge in [0, 0.05) is 15.7 Å². The Bertz CT molecular complexity index is 438. The van der Waals surface area contributed by atoms with Crippen LogP contribution in [0.25, 0.3) is 0 Å². The largest absolute Gasteiger partial charge is 0.479 e. The highest BCUT2D eigenvalue weighted by Crippen LogP contribution is 2.37. The SMILES string of the molecule is Nc1cc(C(F)(F)F)cc(Br)c1C(O)C(=O)O. The third-order valence-electron chi connectivity index (χ3n) is 2.00. The maximum atomic E-state index is 12.4. The number of carboxylic acid groups (broad SMARTS) is 1. The number of rotatable bonds is 2. The average molecular weight is 314 g/mol. The van der Waals surface area contributed by atoms with Gasteiger partial charge in [-0.3, -0.25) is 0 Å².